The Morgan fingerprint density at radius 1 is 1.22 bits per heavy atom. The fourth-order valence-electron chi connectivity index (χ4n) is 3.01. The van der Waals surface area contributed by atoms with Crippen molar-refractivity contribution in [1.29, 1.82) is 0 Å². The fourth-order valence-corrected chi connectivity index (χ4v) is 4.80. The summed E-state index contributed by atoms with van der Waals surface area (Å²) in [5.41, 5.74) is 0.409. The minimum Gasteiger partial charge on any atom is -0.339 e. The average molecular weight is 430 g/mol. The van der Waals surface area contributed by atoms with Crippen molar-refractivity contribution in [3.63, 3.8) is 0 Å². The van der Waals surface area contributed by atoms with E-state index in [2.05, 4.69) is 10.0 Å². The quantitative estimate of drug-likeness (QED) is 0.739. The highest BCUT2D eigenvalue weighted by Crippen LogP contribution is 2.17. The van der Waals surface area contributed by atoms with Crippen molar-refractivity contribution >= 4 is 39.7 Å². The number of thiophene rings is 1. The number of likely N-dealkylation sites (tertiary alicyclic amines) is 1. The minimum atomic E-state index is -3.66. The van der Waals surface area contributed by atoms with E-state index in [0.29, 0.717) is 24.7 Å². The summed E-state index contributed by atoms with van der Waals surface area (Å²) in [6, 6.07) is 10.5. The Morgan fingerprint density at radius 2 is 1.96 bits per heavy atom. The van der Waals surface area contributed by atoms with Crippen LogP contribution in [0, 0.1) is 0 Å². The van der Waals surface area contributed by atoms with Gasteiger partial charge in [-0.3, -0.25) is 4.79 Å². The Balaban J connectivity index is 0.00000261. The number of hydrogen-bond acceptors (Lipinski definition) is 5. The maximum absolute atomic E-state index is 12.7. The van der Waals surface area contributed by atoms with E-state index in [1.54, 1.807) is 17.0 Å². The first kappa shape index (κ1) is 21.8. The molecule has 1 amide bonds. The van der Waals surface area contributed by atoms with E-state index in [-0.39, 0.29) is 29.8 Å². The summed E-state index contributed by atoms with van der Waals surface area (Å²) in [6.45, 7) is 1.60. The zero-order valence-corrected chi connectivity index (χ0v) is 17.5. The zero-order valence-electron chi connectivity index (χ0n) is 15.1. The molecule has 0 atom stereocenters. The maximum atomic E-state index is 12.7. The van der Waals surface area contributed by atoms with Gasteiger partial charge in [0.2, 0.25) is 10.0 Å². The van der Waals surface area contributed by atoms with Crippen LogP contribution in [0.1, 0.15) is 28.1 Å². The second-order valence-electron chi connectivity index (χ2n) is 6.29. The van der Waals surface area contributed by atoms with Gasteiger partial charge in [-0.15, -0.1) is 23.7 Å². The molecular weight excluding hydrogens is 406 g/mol. The van der Waals surface area contributed by atoms with Gasteiger partial charge >= 0.3 is 0 Å². The molecule has 2 heterocycles. The molecule has 148 valence electrons. The van der Waals surface area contributed by atoms with Crippen LogP contribution in [0.25, 0.3) is 0 Å². The summed E-state index contributed by atoms with van der Waals surface area (Å²) in [7, 11) is -1.73. The van der Waals surface area contributed by atoms with E-state index in [9.17, 15) is 13.2 Å². The molecule has 1 aliphatic heterocycles. The second-order valence-corrected chi connectivity index (χ2v) is 9.09. The Morgan fingerprint density at radius 3 is 2.59 bits per heavy atom. The Kier molecular flexibility index (Phi) is 7.81. The van der Waals surface area contributed by atoms with Crippen LogP contribution in [0.15, 0.2) is 46.7 Å². The van der Waals surface area contributed by atoms with Gasteiger partial charge in [-0.25, -0.2) is 13.1 Å². The molecule has 3 rings (SSSR count). The van der Waals surface area contributed by atoms with Gasteiger partial charge in [0.15, 0.2) is 0 Å². The third kappa shape index (κ3) is 5.52. The molecule has 0 saturated carbocycles. The second kappa shape index (κ2) is 9.66. The van der Waals surface area contributed by atoms with Crippen molar-refractivity contribution in [3.8, 4) is 0 Å². The summed E-state index contributed by atoms with van der Waals surface area (Å²) < 4.78 is 27.6. The number of sulfonamides is 1. The maximum Gasteiger partial charge on any atom is 0.253 e. The Hall–Kier alpha value is -1.45. The number of carbonyl (C=O) groups excluding carboxylic acids is 1. The average Bonchev–Trinajstić information content (AvgIpc) is 3.20. The number of amides is 1. The summed E-state index contributed by atoms with van der Waals surface area (Å²) >= 11 is 1.49. The van der Waals surface area contributed by atoms with Crippen LogP contribution in [0.3, 0.4) is 0 Å². The molecule has 27 heavy (non-hydrogen) atoms. The number of rotatable bonds is 6. The SMILES string of the molecule is CNC1CCN(C(=O)c2cccc(S(=O)(=O)NCc3cccs3)c2)CC1.Cl. The number of benzene rings is 1. The molecule has 0 aliphatic carbocycles. The first-order valence-electron chi connectivity index (χ1n) is 8.58. The smallest absolute Gasteiger partial charge is 0.253 e. The van der Waals surface area contributed by atoms with Gasteiger partial charge in [0.1, 0.15) is 0 Å². The van der Waals surface area contributed by atoms with Crippen LogP contribution in [0.2, 0.25) is 0 Å². The first-order valence-corrected chi connectivity index (χ1v) is 10.9. The molecule has 1 aromatic heterocycles. The van der Waals surface area contributed by atoms with Gasteiger partial charge in [0.05, 0.1) is 4.90 Å². The molecule has 0 radical (unpaired) electrons. The van der Waals surface area contributed by atoms with Crippen LogP contribution >= 0.6 is 23.7 Å². The lowest BCUT2D eigenvalue weighted by atomic mass is 10.0. The van der Waals surface area contributed by atoms with Gasteiger partial charge in [0, 0.05) is 36.1 Å². The molecule has 2 aromatic rings. The van der Waals surface area contributed by atoms with Crippen molar-refractivity contribution in [2.75, 3.05) is 20.1 Å². The summed E-state index contributed by atoms with van der Waals surface area (Å²) in [5.74, 6) is -0.116. The highest BCUT2D eigenvalue weighted by atomic mass is 35.5. The van der Waals surface area contributed by atoms with Crippen LogP contribution in [0.5, 0.6) is 0 Å². The molecule has 1 aliphatic rings. The number of nitrogens with zero attached hydrogens (tertiary/aromatic N) is 1. The molecule has 1 aromatic carbocycles. The number of nitrogens with one attached hydrogen (secondary N) is 2. The normalized spacial score (nSPS) is 15.4. The highest BCUT2D eigenvalue weighted by Gasteiger charge is 2.24. The van der Waals surface area contributed by atoms with E-state index < -0.39 is 10.0 Å². The van der Waals surface area contributed by atoms with E-state index >= 15 is 0 Å². The number of carbonyl (C=O) groups is 1. The summed E-state index contributed by atoms with van der Waals surface area (Å²) in [5, 5.41) is 5.14. The van der Waals surface area contributed by atoms with Gasteiger partial charge < -0.3 is 10.2 Å². The van der Waals surface area contributed by atoms with Gasteiger partial charge in [0.25, 0.3) is 5.91 Å². The van der Waals surface area contributed by atoms with E-state index in [4.69, 9.17) is 0 Å². The van der Waals surface area contributed by atoms with Crippen molar-refractivity contribution in [2.24, 2.45) is 0 Å². The Bertz CT molecular complexity index is 848. The predicted octanol–water partition coefficient (Wildman–Crippen LogP) is 2.47. The van der Waals surface area contributed by atoms with Crippen molar-refractivity contribution < 1.29 is 13.2 Å². The number of piperidine rings is 1. The summed E-state index contributed by atoms with van der Waals surface area (Å²) in [6.07, 6.45) is 1.81. The molecule has 2 N–H and O–H groups in total. The topological polar surface area (TPSA) is 78.5 Å². The molecule has 0 unspecified atom stereocenters. The largest absolute Gasteiger partial charge is 0.339 e. The fraction of sp³-hybridized carbons (Fsp3) is 0.389. The predicted molar refractivity (Wildman–Crippen MR) is 110 cm³/mol. The standard InChI is InChI=1S/C18H23N3O3S2.ClH/c1-19-15-7-9-21(10-8-15)18(22)14-4-2-6-17(12-14)26(23,24)20-13-16-5-3-11-25-16;/h2-6,11-12,15,19-20H,7-10,13H2,1H3;1H. The number of hydrogen-bond donors (Lipinski definition) is 2. The van der Waals surface area contributed by atoms with Crippen LogP contribution in [-0.4, -0.2) is 45.4 Å². The molecule has 1 saturated heterocycles. The first-order chi connectivity index (χ1) is 12.5. The van der Waals surface area contributed by atoms with Crippen molar-refractivity contribution in [1.82, 2.24) is 14.9 Å². The van der Waals surface area contributed by atoms with E-state index in [0.717, 1.165) is 17.7 Å². The minimum absolute atomic E-state index is 0. The van der Waals surface area contributed by atoms with Crippen molar-refractivity contribution in [2.45, 2.75) is 30.3 Å². The van der Waals surface area contributed by atoms with Gasteiger partial charge in [-0.1, -0.05) is 12.1 Å². The molecule has 0 bridgehead atoms. The third-order valence-corrected chi connectivity index (χ3v) is 6.87. The van der Waals surface area contributed by atoms with Gasteiger partial charge in [-0.2, -0.15) is 0 Å². The monoisotopic (exact) mass is 429 g/mol. The Labute approximate surface area is 170 Å². The lowest BCUT2D eigenvalue weighted by Gasteiger charge is -2.31. The van der Waals surface area contributed by atoms with Crippen LogP contribution in [0.4, 0.5) is 0 Å². The molecular formula is C18H24ClN3O3S2. The molecule has 6 nitrogen and oxygen atoms in total. The van der Waals surface area contributed by atoms with Gasteiger partial charge in [-0.05, 0) is 49.5 Å². The molecule has 0 spiro atoms. The van der Waals surface area contributed by atoms with E-state index in [1.165, 1.54) is 23.5 Å². The number of halogens is 1. The lowest BCUT2D eigenvalue weighted by Crippen LogP contribution is -2.44. The van der Waals surface area contributed by atoms with Crippen LogP contribution < -0.4 is 10.0 Å². The molecule has 1 fully saturated rings. The van der Waals surface area contributed by atoms with Crippen LogP contribution in [-0.2, 0) is 16.6 Å². The lowest BCUT2D eigenvalue weighted by molar-refractivity contribution is 0.0707. The zero-order chi connectivity index (χ0) is 18.6. The summed E-state index contributed by atoms with van der Waals surface area (Å²) in [4.78, 5) is 15.6. The molecule has 9 heteroatoms. The highest BCUT2D eigenvalue weighted by molar-refractivity contribution is 7.89. The third-order valence-electron chi connectivity index (χ3n) is 4.60. The van der Waals surface area contributed by atoms with E-state index in [1.807, 2.05) is 24.6 Å². The van der Waals surface area contributed by atoms with Crippen molar-refractivity contribution in [3.05, 3.63) is 52.2 Å².